The van der Waals surface area contributed by atoms with Gasteiger partial charge in [0.05, 0.1) is 11.1 Å². The Morgan fingerprint density at radius 2 is 2.25 bits per heavy atom. The molecule has 2 aromatic heterocycles. The van der Waals surface area contributed by atoms with Crippen molar-refractivity contribution in [3.05, 3.63) is 34.9 Å². The molecule has 5 heteroatoms. The largest absolute Gasteiger partial charge is 0.394 e. The maximum absolute atomic E-state index is 5.77. The number of hydrogen-bond donors (Lipinski definition) is 1. The highest BCUT2D eigenvalue weighted by Crippen LogP contribution is 2.39. The van der Waals surface area contributed by atoms with Gasteiger partial charge in [-0.3, -0.25) is 0 Å². The van der Waals surface area contributed by atoms with Crippen LogP contribution >= 0.6 is 27.3 Å². The highest BCUT2D eigenvalue weighted by molar-refractivity contribution is 9.10. The predicted molar refractivity (Wildman–Crippen MR) is 69.4 cm³/mol. The van der Waals surface area contributed by atoms with Gasteiger partial charge in [0, 0.05) is 9.17 Å². The topological polar surface area (TPSA) is 52.0 Å². The summed E-state index contributed by atoms with van der Waals surface area (Å²) < 4.78 is 7.41. The van der Waals surface area contributed by atoms with Crippen LogP contribution in [0.1, 0.15) is 0 Å². The van der Waals surface area contributed by atoms with Gasteiger partial charge >= 0.3 is 0 Å². The van der Waals surface area contributed by atoms with E-state index in [4.69, 9.17) is 10.3 Å². The first-order valence-corrected chi connectivity index (χ1v) is 6.25. The number of halogens is 1. The first kappa shape index (κ1) is 9.86. The number of fused-ring (bicyclic) bond motifs is 1. The average molecular weight is 295 g/mol. The number of thiophene rings is 1. The molecule has 3 rings (SSSR count). The van der Waals surface area contributed by atoms with E-state index in [-0.39, 0.29) is 0 Å². The molecule has 0 bridgehead atoms. The minimum Gasteiger partial charge on any atom is -0.394 e. The summed E-state index contributed by atoms with van der Waals surface area (Å²) in [5.41, 5.74) is 6.34. The first-order valence-electron chi connectivity index (χ1n) is 4.64. The predicted octanol–water partition coefficient (Wildman–Crippen LogP) is 3.90. The Morgan fingerprint density at radius 3 is 2.94 bits per heavy atom. The molecule has 0 radical (unpaired) electrons. The van der Waals surface area contributed by atoms with Crippen molar-refractivity contribution in [2.75, 3.05) is 5.73 Å². The number of hydrogen-bond acceptors (Lipinski definition) is 4. The van der Waals surface area contributed by atoms with Crippen molar-refractivity contribution in [2.45, 2.75) is 0 Å². The van der Waals surface area contributed by atoms with Crippen molar-refractivity contribution < 1.29 is 4.52 Å². The molecular formula is C11H7BrN2OS. The van der Waals surface area contributed by atoms with E-state index in [1.165, 1.54) is 16.3 Å². The highest BCUT2D eigenvalue weighted by atomic mass is 79.9. The quantitative estimate of drug-likeness (QED) is 0.740. The number of aromatic nitrogens is 1. The third-order valence-corrected chi connectivity index (χ3v) is 4.42. The smallest absolute Gasteiger partial charge is 0.199 e. The normalized spacial score (nSPS) is 11.1. The molecule has 0 fully saturated rings. The van der Waals surface area contributed by atoms with Crippen LogP contribution in [0.25, 0.3) is 20.7 Å². The summed E-state index contributed by atoms with van der Waals surface area (Å²) >= 11 is 5.16. The van der Waals surface area contributed by atoms with Gasteiger partial charge in [-0.2, -0.15) is 0 Å². The summed E-state index contributed by atoms with van der Waals surface area (Å²) in [4.78, 5) is 0.997. The lowest BCUT2D eigenvalue weighted by atomic mass is 10.2. The van der Waals surface area contributed by atoms with Gasteiger partial charge in [0.1, 0.15) is 5.69 Å². The van der Waals surface area contributed by atoms with Crippen LogP contribution < -0.4 is 5.73 Å². The molecule has 2 N–H and O–H groups in total. The number of nitrogens with zero attached hydrogens (tertiary/aromatic N) is 1. The maximum Gasteiger partial charge on any atom is 0.199 e. The monoisotopic (exact) mass is 294 g/mol. The van der Waals surface area contributed by atoms with Crippen LogP contribution in [0.15, 0.2) is 39.5 Å². The van der Waals surface area contributed by atoms with E-state index in [1.54, 1.807) is 11.3 Å². The lowest BCUT2D eigenvalue weighted by molar-refractivity contribution is 0.433. The zero-order chi connectivity index (χ0) is 11.1. The van der Waals surface area contributed by atoms with Gasteiger partial charge in [-0.25, -0.2) is 0 Å². The summed E-state index contributed by atoms with van der Waals surface area (Å²) in [5.74, 6) is 0.646. The van der Waals surface area contributed by atoms with E-state index in [9.17, 15) is 0 Å². The fourth-order valence-corrected chi connectivity index (χ4v) is 3.26. The molecule has 0 aliphatic heterocycles. The SMILES string of the molecule is Nc1cnoc1-c1cc2cccc(Br)c2s1. The Labute approximate surface area is 104 Å². The Bertz CT molecular complexity index is 659. The number of benzene rings is 1. The van der Waals surface area contributed by atoms with Crippen LogP contribution in [-0.2, 0) is 0 Å². The maximum atomic E-state index is 5.77. The number of nitrogens with two attached hydrogens (primary N) is 1. The van der Waals surface area contributed by atoms with Crippen LogP contribution in [0.2, 0.25) is 0 Å². The summed E-state index contributed by atoms with van der Waals surface area (Å²) in [7, 11) is 0. The molecule has 0 amide bonds. The molecule has 0 saturated heterocycles. The number of rotatable bonds is 1. The van der Waals surface area contributed by atoms with E-state index < -0.39 is 0 Å². The van der Waals surface area contributed by atoms with Gasteiger partial charge < -0.3 is 10.3 Å². The molecule has 2 heterocycles. The molecule has 16 heavy (non-hydrogen) atoms. The molecule has 0 aliphatic carbocycles. The molecule has 0 atom stereocenters. The molecule has 3 nitrogen and oxygen atoms in total. The van der Waals surface area contributed by atoms with Crippen LogP contribution in [0.5, 0.6) is 0 Å². The Balaban J connectivity index is 2.27. The Hall–Kier alpha value is -1.33. The van der Waals surface area contributed by atoms with Gasteiger partial charge in [0.25, 0.3) is 0 Å². The van der Waals surface area contributed by atoms with Crippen LogP contribution in [0, 0.1) is 0 Å². The molecule has 0 aliphatic rings. The van der Waals surface area contributed by atoms with Gasteiger partial charge in [0.2, 0.25) is 0 Å². The standard InChI is InChI=1S/C11H7BrN2OS/c12-7-3-1-2-6-4-9(16-11(6)7)10-8(13)5-14-15-10/h1-5H,13H2. The van der Waals surface area contributed by atoms with Gasteiger partial charge in [-0.15, -0.1) is 11.3 Å². The van der Waals surface area contributed by atoms with Crippen molar-refractivity contribution in [3.8, 4) is 10.6 Å². The Kier molecular flexibility index (Phi) is 2.22. The van der Waals surface area contributed by atoms with E-state index in [0.717, 1.165) is 9.35 Å². The van der Waals surface area contributed by atoms with Gasteiger partial charge in [-0.1, -0.05) is 17.3 Å². The minimum absolute atomic E-state index is 0.572. The van der Waals surface area contributed by atoms with E-state index >= 15 is 0 Å². The highest BCUT2D eigenvalue weighted by Gasteiger charge is 2.12. The number of anilines is 1. The van der Waals surface area contributed by atoms with Crippen LogP contribution in [0.3, 0.4) is 0 Å². The third-order valence-electron chi connectivity index (χ3n) is 2.32. The summed E-state index contributed by atoms with van der Waals surface area (Å²) in [6, 6.07) is 8.15. The fraction of sp³-hybridized carbons (Fsp3) is 0. The van der Waals surface area contributed by atoms with Crippen molar-refractivity contribution in [1.82, 2.24) is 5.16 Å². The van der Waals surface area contributed by atoms with Gasteiger partial charge in [0.15, 0.2) is 5.76 Å². The van der Waals surface area contributed by atoms with Crippen molar-refractivity contribution in [2.24, 2.45) is 0 Å². The molecular weight excluding hydrogens is 288 g/mol. The first-order chi connectivity index (χ1) is 7.75. The molecule has 0 saturated carbocycles. The second kappa shape index (κ2) is 3.61. The third kappa shape index (κ3) is 1.44. The molecule has 3 aromatic rings. The van der Waals surface area contributed by atoms with Crippen LogP contribution in [0.4, 0.5) is 5.69 Å². The molecule has 0 spiro atoms. The zero-order valence-corrected chi connectivity index (χ0v) is 10.5. The van der Waals surface area contributed by atoms with Crippen molar-refractivity contribution in [1.29, 1.82) is 0 Å². The molecule has 0 unspecified atom stereocenters. The molecule has 80 valence electrons. The summed E-state index contributed by atoms with van der Waals surface area (Å²) in [6.45, 7) is 0. The van der Waals surface area contributed by atoms with Crippen LogP contribution in [-0.4, -0.2) is 5.16 Å². The zero-order valence-electron chi connectivity index (χ0n) is 8.11. The summed E-state index contributed by atoms with van der Waals surface area (Å²) in [6.07, 6.45) is 1.52. The average Bonchev–Trinajstić information content (AvgIpc) is 2.84. The van der Waals surface area contributed by atoms with E-state index in [0.29, 0.717) is 11.4 Å². The van der Waals surface area contributed by atoms with Crippen molar-refractivity contribution in [3.63, 3.8) is 0 Å². The summed E-state index contributed by atoms with van der Waals surface area (Å²) in [5, 5.41) is 4.86. The van der Waals surface area contributed by atoms with E-state index in [1.807, 2.05) is 12.1 Å². The Morgan fingerprint density at radius 1 is 1.38 bits per heavy atom. The fourth-order valence-electron chi connectivity index (χ4n) is 1.57. The second-order valence-corrected chi connectivity index (χ2v) is 5.29. The number of nitrogen functional groups attached to an aromatic ring is 1. The minimum atomic E-state index is 0.572. The van der Waals surface area contributed by atoms with E-state index in [2.05, 4.69) is 33.2 Å². The molecule has 1 aromatic carbocycles. The van der Waals surface area contributed by atoms with Crippen molar-refractivity contribution >= 4 is 43.0 Å². The lowest BCUT2D eigenvalue weighted by Gasteiger charge is -1.90. The lowest BCUT2D eigenvalue weighted by Crippen LogP contribution is -1.81. The second-order valence-electron chi connectivity index (χ2n) is 3.38. The van der Waals surface area contributed by atoms with Gasteiger partial charge in [-0.05, 0) is 33.4 Å².